The summed E-state index contributed by atoms with van der Waals surface area (Å²) in [5.74, 6) is -0.333. The van der Waals surface area contributed by atoms with Crippen LogP contribution in [0, 0.1) is 0 Å². The lowest BCUT2D eigenvalue weighted by Gasteiger charge is -2.41. The van der Waals surface area contributed by atoms with Gasteiger partial charge in [-0.2, -0.15) is 0 Å². The molecule has 11 heteroatoms. The minimum absolute atomic E-state index is 0.105. The number of sulfonamides is 1. The Hall–Kier alpha value is -1.36. The van der Waals surface area contributed by atoms with Crippen LogP contribution in [0.3, 0.4) is 0 Å². The van der Waals surface area contributed by atoms with Gasteiger partial charge in [-0.25, -0.2) is 8.42 Å². The fraction of sp³-hybridized carbons (Fsp3) is 0.462. The van der Waals surface area contributed by atoms with E-state index in [2.05, 4.69) is 4.40 Å². The number of halogens is 5. The molecule has 0 aliphatic carbocycles. The lowest BCUT2D eigenvalue weighted by atomic mass is 9.89. The summed E-state index contributed by atoms with van der Waals surface area (Å²) in [6.45, 7) is 0.898. The highest BCUT2D eigenvalue weighted by molar-refractivity contribution is 8.45. The molecule has 2 aliphatic rings. The van der Waals surface area contributed by atoms with Crippen molar-refractivity contribution in [2.45, 2.75) is 23.7 Å². The molecule has 0 N–H and O–H groups in total. The third-order valence-electron chi connectivity index (χ3n) is 4.14. The number of piperidine rings is 1. The summed E-state index contributed by atoms with van der Waals surface area (Å²) in [7, 11) is -13.3. The van der Waals surface area contributed by atoms with Crippen molar-refractivity contribution >= 4 is 26.1 Å². The summed E-state index contributed by atoms with van der Waals surface area (Å²) in [5.41, 5.74) is 0.348. The summed E-state index contributed by atoms with van der Waals surface area (Å²) in [4.78, 5) is -0.169. The van der Waals surface area contributed by atoms with Gasteiger partial charge < -0.3 is 4.90 Å². The molecule has 136 valence electrons. The Morgan fingerprint density at radius 3 is 2.25 bits per heavy atom. The molecule has 0 radical (unpaired) electrons. The molecule has 3 rings (SSSR count). The van der Waals surface area contributed by atoms with Gasteiger partial charge in [0.05, 0.1) is 5.75 Å². The zero-order chi connectivity index (χ0) is 17.9. The average Bonchev–Trinajstić information content (AvgIpc) is 2.43. The van der Waals surface area contributed by atoms with Gasteiger partial charge in [0.15, 0.2) is 0 Å². The summed E-state index contributed by atoms with van der Waals surface area (Å²) < 4.78 is 91.0. The second-order valence-corrected chi connectivity index (χ2v) is 10.1. The van der Waals surface area contributed by atoms with Gasteiger partial charge in [-0.1, -0.05) is 31.6 Å². The normalized spacial score (nSPS) is 26.8. The molecule has 0 amide bonds. The van der Waals surface area contributed by atoms with E-state index in [1.54, 1.807) is 4.90 Å². The van der Waals surface area contributed by atoms with Crippen LogP contribution in [-0.4, -0.2) is 38.0 Å². The minimum Gasteiger partial charge on any atom is -0.358 e. The highest BCUT2D eigenvalue weighted by Gasteiger charge is 2.65. The van der Waals surface area contributed by atoms with Gasteiger partial charge in [-0.15, -0.1) is 4.40 Å². The molecule has 1 unspecified atom stereocenters. The van der Waals surface area contributed by atoms with Crippen molar-refractivity contribution in [2.75, 3.05) is 18.8 Å². The van der Waals surface area contributed by atoms with Crippen LogP contribution in [0.4, 0.5) is 19.4 Å². The fourth-order valence-electron chi connectivity index (χ4n) is 2.98. The van der Waals surface area contributed by atoms with Crippen molar-refractivity contribution in [3.05, 3.63) is 29.8 Å². The number of hydrogen-bond donors (Lipinski definition) is 0. The largest absolute Gasteiger partial charge is 0.358 e. The van der Waals surface area contributed by atoms with E-state index in [4.69, 9.17) is 0 Å². The van der Waals surface area contributed by atoms with E-state index >= 15 is 0 Å². The van der Waals surface area contributed by atoms with E-state index in [0.29, 0.717) is 37.1 Å². The topological polar surface area (TPSA) is 49.7 Å². The Balaban J connectivity index is 1.99. The van der Waals surface area contributed by atoms with E-state index in [1.165, 1.54) is 0 Å². The van der Waals surface area contributed by atoms with E-state index in [9.17, 15) is 27.8 Å². The number of amidine groups is 1. The summed E-state index contributed by atoms with van der Waals surface area (Å²) in [5, 5.41) is 0. The van der Waals surface area contributed by atoms with Crippen LogP contribution in [0.5, 0.6) is 0 Å². The Bertz CT molecular complexity index is 804. The van der Waals surface area contributed by atoms with Gasteiger partial charge in [-0.05, 0) is 30.5 Å². The Morgan fingerprint density at radius 2 is 1.67 bits per heavy atom. The molecule has 0 saturated carbocycles. The van der Waals surface area contributed by atoms with Gasteiger partial charge in [0.1, 0.15) is 10.7 Å². The Morgan fingerprint density at radius 1 is 1.04 bits per heavy atom. The second kappa shape index (κ2) is 4.63. The van der Waals surface area contributed by atoms with Gasteiger partial charge >= 0.3 is 10.2 Å². The predicted molar refractivity (Wildman–Crippen MR) is 82.6 cm³/mol. The third kappa shape index (κ3) is 3.51. The molecule has 1 saturated heterocycles. The molecule has 1 fully saturated rings. The maximum atomic E-state index is 12.8. The molecular formula is C13H15F5N2O2S2. The first kappa shape index (κ1) is 17.5. The zero-order valence-corrected chi connectivity index (χ0v) is 14.0. The van der Waals surface area contributed by atoms with Crippen molar-refractivity contribution in [3.8, 4) is 0 Å². The number of nitrogens with zero attached hydrogens (tertiary/aromatic N) is 2. The molecule has 0 spiro atoms. The average molecular weight is 390 g/mol. The zero-order valence-electron chi connectivity index (χ0n) is 12.3. The van der Waals surface area contributed by atoms with E-state index < -0.39 is 31.1 Å². The van der Waals surface area contributed by atoms with Crippen LogP contribution in [0.1, 0.15) is 24.3 Å². The first-order valence-corrected chi connectivity index (χ1v) is 10.7. The summed E-state index contributed by atoms with van der Waals surface area (Å²) in [6.07, 6.45) is 1.22. The van der Waals surface area contributed by atoms with E-state index in [1.807, 2.05) is 0 Å². The van der Waals surface area contributed by atoms with Gasteiger partial charge in [0.25, 0.3) is 10.0 Å². The molecule has 2 aliphatic heterocycles. The number of fused-ring (bicyclic) bond motifs is 1. The molecular weight excluding hydrogens is 375 g/mol. The van der Waals surface area contributed by atoms with Gasteiger partial charge in [0, 0.05) is 19.0 Å². The second-order valence-electron chi connectivity index (χ2n) is 5.96. The maximum absolute atomic E-state index is 12.8. The van der Waals surface area contributed by atoms with Crippen LogP contribution in [0.15, 0.2) is 33.6 Å². The van der Waals surface area contributed by atoms with Crippen molar-refractivity contribution in [1.82, 2.24) is 4.90 Å². The van der Waals surface area contributed by atoms with Gasteiger partial charge in [-0.3, -0.25) is 0 Å². The summed E-state index contributed by atoms with van der Waals surface area (Å²) in [6, 6.07) is 2.66. The van der Waals surface area contributed by atoms with E-state index in [0.717, 1.165) is 12.1 Å². The number of rotatable bonds is 2. The van der Waals surface area contributed by atoms with Crippen molar-refractivity contribution in [2.24, 2.45) is 4.40 Å². The molecule has 24 heavy (non-hydrogen) atoms. The Kier molecular flexibility index (Phi) is 3.37. The van der Waals surface area contributed by atoms with E-state index in [-0.39, 0.29) is 18.1 Å². The number of hydrogen-bond acceptors (Lipinski definition) is 3. The van der Waals surface area contributed by atoms with Crippen LogP contribution in [-0.2, 0) is 10.0 Å². The monoisotopic (exact) mass is 390 g/mol. The SMILES string of the molecule is O=S1(=O)CCN2CCCC(c3ccc(S(F)(F)(F)(F)F)cc3)C2=N1. The predicted octanol–water partition coefficient (Wildman–Crippen LogP) is 4.27. The molecule has 1 aromatic rings. The maximum Gasteiger partial charge on any atom is 0.310 e. The molecule has 4 nitrogen and oxygen atoms in total. The third-order valence-corrected chi connectivity index (χ3v) is 6.46. The van der Waals surface area contributed by atoms with Crippen LogP contribution in [0.25, 0.3) is 0 Å². The highest BCUT2D eigenvalue weighted by atomic mass is 32.5. The molecule has 1 aromatic carbocycles. The minimum atomic E-state index is -9.71. The molecule has 0 aromatic heterocycles. The van der Waals surface area contributed by atoms with Crippen molar-refractivity contribution in [1.29, 1.82) is 0 Å². The fourth-order valence-corrected chi connectivity index (χ4v) is 4.71. The number of benzene rings is 1. The lowest BCUT2D eigenvalue weighted by molar-refractivity contribution is 0.363. The van der Waals surface area contributed by atoms with Crippen LogP contribution in [0.2, 0.25) is 0 Å². The molecule has 1 atom stereocenters. The quantitative estimate of drug-likeness (QED) is 0.709. The van der Waals surface area contributed by atoms with Crippen LogP contribution >= 0.6 is 10.2 Å². The highest BCUT2D eigenvalue weighted by Crippen LogP contribution is 3.02. The standard InChI is InChI=1S/C13H15F5N2O2S2/c14-24(15,16,17,18)11-5-3-10(4-6-11)12-2-1-7-20-8-9-23(21,22)19-13(12)20/h3-6,12H,1-2,7-9H2. The van der Waals surface area contributed by atoms with Crippen molar-refractivity contribution < 1.29 is 27.8 Å². The molecule has 2 heterocycles. The Labute approximate surface area is 136 Å². The van der Waals surface area contributed by atoms with Crippen molar-refractivity contribution in [3.63, 3.8) is 0 Å². The van der Waals surface area contributed by atoms with Gasteiger partial charge in [0.2, 0.25) is 0 Å². The lowest BCUT2D eigenvalue weighted by Crippen LogP contribution is -2.46. The first-order valence-electron chi connectivity index (χ1n) is 7.17. The summed E-state index contributed by atoms with van der Waals surface area (Å²) >= 11 is 0. The van der Waals surface area contributed by atoms with Crippen LogP contribution < -0.4 is 0 Å². The molecule has 0 bridgehead atoms. The smallest absolute Gasteiger partial charge is 0.310 e. The first-order chi connectivity index (χ1) is 10.8.